The van der Waals surface area contributed by atoms with E-state index in [0.29, 0.717) is 0 Å². The van der Waals surface area contributed by atoms with Crippen molar-refractivity contribution in [3.05, 3.63) is 29.3 Å². The standard InChI is InChI=1S/C15H21NO/c1-5-7-14(6-2)16-11-13-10-12(3)8-9-15(13)17-4/h2,8-10,14,16H,5,7,11H2,1,3-4H3. The van der Waals surface area contributed by atoms with Crippen LogP contribution in [0.1, 0.15) is 30.9 Å². The third-order valence-electron chi connectivity index (χ3n) is 2.75. The highest BCUT2D eigenvalue weighted by Gasteiger charge is 2.06. The van der Waals surface area contributed by atoms with Gasteiger partial charge in [0.1, 0.15) is 5.75 Å². The van der Waals surface area contributed by atoms with E-state index >= 15 is 0 Å². The number of hydrogen-bond acceptors (Lipinski definition) is 2. The molecule has 1 N–H and O–H groups in total. The van der Waals surface area contributed by atoms with Crippen molar-refractivity contribution in [1.82, 2.24) is 5.32 Å². The Morgan fingerprint density at radius 2 is 2.24 bits per heavy atom. The molecule has 1 aromatic carbocycles. The van der Waals surface area contributed by atoms with Crippen LogP contribution in [-0.4, -0.2) is 13.2 Å². The van der Waals surface area contributed by atoms with Crippen LogP contribution in [0.5, 0.6) is 5.75 Å². The first-order valence-corrected chi connectivity index (χ1v) is 6.04. The summed E-state index contributed by atoms with van der Waals surface area (Å²) >= 11 is 0. The predicted molar refractivity (Wildman–Crippen MR) is 72.1 cm³/mol. The average molecular weight is 231 g/mol. The maximum Gasteiger partial charge on any atom is 0.123 e. The Morgan fingerprint density at radius 3 is 2.82 bits per heavy atom. The molecule has 0 aromatic heterocycles. The quantitative estimate of drug-likeness (QED) is 0.760. The minimum absolute atomic E-state index is 0.144. The van der Waals surface area contributed by atoms with E-state index in [1.54, 1.807) is 7.11 Å². The van der Waals surface area contributed by atoms with Crippen LogP contribution in [0.3, 0.4) is 0 Å². The van der Waals surface area contributed by atoms with Gasteiger partial charge in [0.25, 0.3) is 0 Å². The van der Waals surface area contributed by atoms with Crippen LogP contribution in [0.2, 0.25) is 0 Å². The zero-order chi connectivity index (χ0) is 12.7. The zero-order valence-electron chi connectivity index (χ0n) is 10.9. The molecule has 17 heavy (non-hydrogen) atoms. The average Bonchev–Trinajstić information content (AvgIpc) is 2.34. The van der Waals surface area contributed by atoms with Crippen molar-refractivity contribution in [3.8, 4) is 18.1 Å². The van der Waals surface area contributed by atoms with Gasteiger partial charge in [-0.25, -0.2) is 0 Å². The van der Waals surface area contributed by atoms with Gasteiger partial charge in [-0.3, -0.25) is 5.32 Å². The number of nitrogens with one attached hydrogen (secondary N) is 1. The van der Waals surface area contributed by atoms with Crippen LogP contribution in [0.25, 0.3) is 0 Å². The van der Waals surface area contributed by atoms with Crippen LogP contribution in [0.15, 0.2) is 18.2 Å². The first-order valence-electron chi connectivity index (χ1n) is 6.04. The molecule has 1 aromatic rings. The van der Waals surface area contributed by atoms with Crippen LogP contribution in [0.4, 0.5) is 0 Å². The maximum atomic E-state index is 5.48. The third kappa shape index (κ3) is 4.13. The number of rotatable bonds is 6. The molecule has 1 rings (SSSR count). The van der Waals surface area contributed by atoms with Gasteiger partial charge in [-0.1, -0.05) is 37.0 Å². The fraction of sp³-hybridized carbons (Fsp3) is 0.467. The Hall–Kier alpha value is -1.46. The predicted octanol–water partition coefficient (Wildman–Crippen LogP) is 2.90. The summed E-state index contributed by atoms with van der Waals surface area (Å²) in [4.78, 5) is 0. The minimum atomic E-state index is 0.144. The van der Waals surface area contributed by atoms with Crippen molar-refractivity contribution in [1.29, 1.82) is 0 Å². The fourth-order valence-corrected chi connectivity index (χ4v) is 1.81. The van der Waals surface area contributed by atoms with E-state index in [-0.39, 0.29) is 6.04 Å². The number of terminal acetylenes is 1. The van der Waals surface area contributed by atoms with Gasteiger partial charge in [-0.2, -0.15) is 0 Å². The summed E-state index contributed by atoms with van der Waals surface area (Å²) in [6.07, 6.45) is 7.57. The Kier molecular flexibility index (Phi) is 5.59. The molecule has 92 valence electrons. The molecule has 0 saturated carbocycles. The smallest absolute Gasteiger partial charge is 0.123 e. The minimum Gasteiger partial charge on any atom is -0.496 e. The molecule has 0 fully saturated rings. The Morgan fingerprint density at radius 1 is 1.47 bits per heavy atom. The third-order valence-corrected chi connectivity index (χ3v) is 2.75. The highest BCUT2D eigenvalue weighted by atomic mass is 16.5. The van der Waals surface area contributed by atoms with E-state index in [1.165, 1.54) is 5.56 Å². The summed E-state index contributed by atoms with van der Waals surface area (Å²) < 4.78 is 5.33. The molecule has 0 aliphatic rings. The molecule has 0 spiro atoms. The lowest BCUT2D eigenvalue weighted by molar-refractivity contribution is 0.406. The number of hydrogen-bond donors (Lipinski definition) is 1. The van der Waals surface area contributed by atoms with Crippen molar-refractivity contribution in [3.63, 3.8) is 0 Å². The molecule has 0 saturated heterocycles. The Balaban J connectivity index is 2.67. The van der Waals surface area contributed by atoms with Crippen LogP contribution in [0, 0.1) is 19.3 Å². The van der Waals surface area contributed by atoms with E-state index < -0.39 is 0 Å². The summed E-state index contributed by atoms with van der Waals surface area (Å²) in [6.45, 7) is 4.96. The number of methoxy groups -OCH3 is 1. The normalized spacial score (nSPS) is 11.9. The lowest BCUT2D eigenvalue weighted by Gasteiger charge is -2.14. The molecule has 1 unspecified atom stereocenters. The SMILES string of the molecule is C#CC(CCC)NCc1cc(C)ccc1OC. The van der Waals surface area contributed by atoms with Crippen molar-refractivity contribution >= 4 is 0 Å². The van der Waals surface area contributed by atoms with Crippen LogP contribution < -0.4 is 10.1 Å². The molecular weight excluding hydrogens is 210 g/mol. The van der Waals surface area contributed by atoms with Crippen LogP contribution >= 0.6 is 0 Å². The lowest BCUT2D eigenvalue weighted by atomic mass is 10.1. The largest absolute Gasteiger partial charge is 0.496 e. The van der Waals surface area contributed by atoms with E-state index in [4.69, 9.17) is 11.2 Å². The summed E-state index contributed by atoms with van der Waals surface area (Å²) in [5.41, 5.74) is 2.39. The maximum absolute atomic E-state index is 5.48. The molecule has 0 amide bonds. The summed E-state index contributed by atoms with van der Waals surface area (Å²) in [5, 5.41) is 3.37. The Labute approximate surface area is 104 Å². The van der Waals surface area contributed by atoms with Crippen molar-refractivity contribution in [2.24, 2.45) is 0 Å². The van der Waals surface area contributed by atoms with Gasteiger partial charge in [0.15, 0.2) is 0 Å². The van der Waals surface area contributed by atoms with Gasteiger partial charge < -0.3 is 4.74 Å². The van der Waals surface area contributed by atoms with Gasteiger partial charge in [-0.05, 0) is 19.4 Å². The van der Waals surface area contributed by atoms with Crippen molar-refractivity contribution < 1.29 is 4.74 Å². The number of benzene rings is 1. The second kappa shape index (κ2) is 6.98. The first kappa shape index (κ1) is 13.6. The molecule has 2 heteroatoms. The molecule has 0 radical (unpaired) electrons. The topological polar surface area (TPSA) is 21.3 Å². The van der Waals surface area contributed by atoms with Crippen LogP contribution in [-0.2, 0) is 6.54 Å². The molecule has 0 aliphatic heterocycles. The van der Waals surface area contributed by atoms with E-state index in [0.717, 1.165) is 30.7 Å². The fourth-order valence-electron chi connectivity index (χ4n) is 1.81. The molecular formula is C15H21NO. The van der Waals surface area contributed by atoms with E-state index in [2.05, 4.69) is 31.2 Å². The molecule has 0 bridgehead atoms. The first-order chi connectivity index (χ1) is 8.21. The molecule has 0 aliphatic carbocycles. The second-order valence-electron chi connectivity index (χ2n) is 4.20. The highest BCUT2D eigenvalue weighted by Crippen LogP contribution is 2.19. The van der Waals surface area contributed by atoms with Gasteiger partial charge in [0.05, 0.1) is 13.2 Å². The summed E-state index contributed by atoms with van der Waals surface area (Å²) in [6, 6.07) is 6.32. The lowest BCUT2D eigenvalue weighted by Crippen LogP contribution is -2.27. The summed E-state index contributed by atoms with van der Waals surface area (Å²) in [7, 11) is 1.69. The van der Waals surface area contributed by atoms with Gasteiger partial charge in [0, 0.05) is 12.1 Å². The Bertz CT molecular complexity index is 392. The molecule has 1 atom stereocenters. The van der Waals surface area contributed by atoms with Crippen molar-refractivity contribution in [2.45, 2.75) is 39.3 Å². The zero-order valence-corrected chi connectivity index (χ0v) is 10.9. The second-order valence-corrected chi connectivity index (χ2v) is 4.20. The molecule has 2 nitrogen and oxygen atoms in total. The van der Waals surface area contributed by atoms with Gasteiger partial charge in [-0.15, -0.1) is 6.42 Å². The summed E-state index contributed by atoms with van der Waals surface area (Å²) in [5.74, 6) is 3.69. The van der Waals surface area contributed by atoms with E-state index in [1.807, 2.05) is 12.1 Å². The van der Waals surface area contributed by atoms with Gasteiger partial charge >= 0.3 is 0 Å². The number of aryl methyl sites for hydroxylation is 1. The van der Waals surface area contributed by atoms with Crippen molar-refractivity contribution in [2.75, 3.05) is 7.11 Å². The number of ether oxygens (including phenoxy) is 1. The van der Waals surface area contributed by atoms with E-state index in [9.17, 15) is 0 Å². The molecule has 0 heterocycles. The van der Waals surface area contributed by atoms with Gasteiger partial charge in [0.2, 0.25) is 0 Å². The monoisotopic (exact) mass is 231 g/mol. The highest BCUT2D eigenvalue weighted by molar-refractivity contribution is 5.36.